The Morgan fingerprint density at radius 3 is 2.40 bits per heavy atom. The summed E-state index contributed by atoms with van der Waals surface area (Å²) in [5.41, 5.74) is 0.590. The lowest BCUT2D eigenvalue weighted by Crippen LogP contribution is -2.32. The van der Waals surface area contributed by atoms with Crippen LogP contribution in [0.15, 0.2) is 24.3 Å². The molecule has 0 bridgehead atoms. The first-order chi connectivity index (χ1) is 9.63. The van der Waals surface area contributed by atoms with Crippen molar-refractivity contribution in [2.75, 3.05) is 19.6 Å². The van der Waals surface area contributed by atoms with Crippen LogP contribution in [0.25, 0.3) is 0 Å². The number of hydrogen-bond donors (Lipinski definition) is 2. The molecule has 0 spiro atoms. The molecule has 0 radical (unpaired) electrons. The van der Waals surface area contributed by atoms with Crippen molar-refractivity contribution in [1.29, 1.82) is 0 Å². The largest absolute Gasteiger partial charge is 0.355 e. The van der Waals surface area contributed by atoms with Gasteiger partial charge in [-0.15, -0.1) is 0 Å². The summed E-state index contributed by atoms with van der Waals surface area (Å²) in [6.07, 6.45) is 1.51. The Morgan fingerprint density at radius 2 is 1.75 bits per heavy atom. The Morgan fingerprint density at radius 1 is 1.05 bits per heavy atom. The molecule has 0 unspecified atom stereocenters. The molecule has 110 valence electrons. The normalized spacial score (nSPS) is 10.3. The van der Waals surface area contributed by atoms with Gasteiger partial charge in [-0.2, -0.15) is 0 Å². The summed E-state index contributed by atoms with van der Waals surface area (Å²) in [6, 6.07) is 6.71. The molecular weight excluding hydrogens is 276 g/mol. The van der Waals surface area contributed by atoms with Gasteiger partial charge in [0.15, 0.2) is 5.78 Å². The second kappa shape index (κ2) is 9.50. The molecule has 4 nitrogen and oxygen atoms in total. The molecule has 0 aliphatic carbocycles. The fourth-order valence-electron chi connectivity index (χ4n) is 1.69. The van der Waals surface area contributed by atoms with Crippen molar-refractivity contribution in [3.8, 4) is 0 Å². The highest BCUT2D eigenvalue weighted by atomic mass is 35.5. The summed E-state index contributed by atoms with van der Waals surface area (Å²) in [5.74, 6) is -0.133. The van der Waals surface area contributed by atoms with Crippen LogP contribution in [0.2, 0.25) is 5.02 Å². The van der Waals surface area contributed by atoms with Gasteiger partial charge in [-0.25, -0.2) is 0 Å². The average molecular weight is 297 g/mol. The van der Waals surface area contributed by atoms with Crippen LogP contribution < -0.4 is 10.6 Å². The van der Waals surface area contributed by atoms with Crippen molar-refractivity contribution in [1.82, 2.24) is 10.6 Å². The van der Waals surface area contributed by atoms with E-state index in [2.05, 4.69) is 17.6 Å². The van der Waals surface area contributed by atoms with Crippen molar-refractivity contribution in [2.24, 2.45) is 0 Å². The number of amides is 1. The molecular formula is C15H21ClN2O2. The van der Waals surface area contributed by atoms with E-state index in [4.69, 9.17) is 11.6 Å². The number of benzene rings is 1. The highest BCUT2D eigenvalue weighted by molar-refractivity contribution is 6.30. The van der Waals surface area contributed by atoms with Gasteiger partial charge in [0, 0.05) is 36.5 Å². The minimum absolute atomic E-state index is 0.0408. The van der Waals surface area contributed by atoms with Crippen LogP contribution in [0.4, 0.5) is 0 Å². The highest BCUT2D eigenvalue weighted by Crippen LogP contribution is 2.11. The second-order valence-corrected chi connectivity index (χ2v) is 4.97. The van der Waals surface area contributed by atoms with Crippen LogP contribution in [-0.4, -0.2) is 31.3 Å². The molecule has 0 atom stereocenters. The van der Waals surface area contributed by atoms with Gasteiger partial charge >= 0.3 is 0 Å². The summed E-state index contributed by atoms with van der Waals surface area (Å²) in [7, 11) is 0. The molecule has 1 aromatic rings. The van der Waals surface area contributed by atoms with Crippen LogP contribution in [0.3, 0.4) is 0 Å². The van der Waals surface area contributed by atoms with Gasteiger partial charge in [-0.05, 0) is 37.2 Å². The van der Waals surface area contributed by atoms with E-state index in [1.54, 1.807) is 24.3 Å². The number of carbonyl (C=O) groups excluding carboxylic acids is 2. The molecule has 0 aliphatic rings. The molecule has 1 rings (SSSR count). The van der Waals surface area contributed by atoms with Gasteiger partial charge in [0.1, 0.15) is 0 Å². The highest BCUT2D eigenvalue weighted by Gasteiger charge is 2.08. The molecule has 0 heterocycles. The summed E-state index contributed by atoms with van der Waals surface area (Å²) in [5, 5.41) is 6.57. The molecule has 0 fully saturated rings. The Bertz CT molecular complexity index is 432. The third-order valence-electron chi connectivity index (χ3n) is 2.80. The Balaban J connectivity index is 2.20. The maximum atomic E-state index is 11.8. The molecule has 20 heavy (non-hydrogen) atoms. The molecule has 1 aromatic carbocycles. The molecule has 5 heteroatoms. The number of nitrogens with one attached hydrogen (secondary N) is 2. The summed E-state index contributed by atoms with van der Waals surface area (Å²) >= 11 is 5.76. The zero-order valence-electron chi connectivity index (χ0n) is 11.7. The van der Waals surface area contributed by atoms with E-state index < -0.39 is 0 Å². The topological polar surface area (TPSA) is 58.2 Å². The van der Waals surface area contributed by atoms with Crippen LogP contribution in [0, 0.1) is 0 Å². The number of ketones is 1. The summed E-state index contributed by atoms with van der Waals surface area (Å²) < 4.78 is 0. The van der Waals surface area contributed by atoms with Gasteiger partial charge < -0.3 is 10.6 Å². The first-order valence-corrected chi connectivity index (χ1v) is 7.27. The quantitative estimate of drug-likeness (QED) is 0.543. The molecule has 0 saturated carbocycles. The average Bonchev–Trinajstić information content (AvgIpc) is 2.45. The minimum atomic E-state index is -0.0920. The maximum absolute atomic E-state index is 11.8. The predicted molar refractivity (Wildman–Crippen MR) is 81.2 cm³/mol. The van der Waals surface area contributed by atoms with E-state index in [-0.39, 0.29) is 24.5 Å². The third-order valence-corrected chi connectivity index (χ3v) is 3.05. The fraction of sp³-hybridized carbons (Fsp3) is 0.467. The van der Waals surface area contributed by atoms with E-state index in [9.17, 15) is 9.59 Å². The van der Waals surface area contributed by atoms with Crippen LogP contribution in [0.5, 0.6) is 0 Å². The number of hydrogen-bond acceptors (Lipinski definition) is 3. The molecule has 0 aliphatic heterocycles. The summed E-state index contributed by atoms with van der Waals surface area (Å²) in [6.45, 7) is 4.39. The van der Waals surface area contributed by atoms with Gasteiger partial charge in [-0.3, -0.25) is 9.59 Å². The van der Waals surface area contributed by atoms with E-state index >= 15 is 0 Å². The van der Waals surface area contributed by atoms with Crippen molar-refractivity contribution >= 4 is 23.3 Å². The standard InChI is InChI=1S/C15H21ClN2O2/c1-2-9-17-10-11-18-15(20)8-7-14(19)12-3-5-13(16)6-4-12/h3-6,17H,2,7-11H2,1H3,(H,18,20). The maximum Gasteiger partial charge on any atom is 0.220 e. The molecule has 0 saturated heterocycles. The predicted octanol–water partition coefficient (Wildman–Crippen LogP) is 2.42. The minimum Gasteiger partial charge on any atom is -0.355 e. The van der Waals surface area contributed by atoms with E-state index in [1.807, 2.05) is 0 Å². The molecule has 0 aromatic heterocycles. The van der Waals surface area contributed by atoms with Crippen LogP contribution in [0.1, 0.15) is 36.5 Å². The zero-order chi connectivity index (χ0) is 14.8. The lowest BCUT2D eigenvalue weighted by molar-refractivity contribution is -0.121. The van der Waals surface area contributed by atoms with Crippen LogP contribution in [-0.2, 0) is 4.79 Å². The van der Waals surface area contributed by atoms with Gasteiger partial charge in [0.2, 0.25) is 5.91 Å². The van der Waals surface area contributed by atoms with E-state index in [0.29, 0.717) is 17.1 Å². The molecule has 2 N–H and O–H groups in total. The molecule has 1 amide bonds. The number of halogens is 1. The number of rotatable bonds is 9. The SMILES string of the molecule is CCCNCCNC(=O)CCC(=O)c1ccc(Cl)cc1. The van der Waals surface area contributed by atoms with Gasteiger partial charge in [0.05, 0.1) is 0 Å². The van der Waals surface area contributed by atoms with Gasteiger partial charge in [-0.1, -0.05) is 18.5 Å². The van der Waals surface area contributed by atoms with Crippen molar-refractivity contribution in [2.45, 2.75) is 26.2 Å². The fourth-order valence-corrected chi connectivity index (χ4v) is 1.81. The van der Waals surface area contributed by atoms with Crippen molar-refractivity contribution in [3.05, 3.63) is 34.9 Å². The van der Waals surface area contributed by atoms with Crippen molar-refractivity contribution < 1.29 is 9.59 Å². The van der Waals surface area contributed by atoms with Gasteiger partial charge in [0.25, 0.3) is 0 Å². The number of carbonyl (C=O) groups is 2. The monoisotopic (exact) mass is 296 g/mol. The number of Topliss-reactive ketones (excluding diaryl/α,β-unsaturated/α-hetero) is 1. The Hall–Kier alpha value is -1.39. The lowest BCUT2D eigenvalue weighted by atomic mass is 10.1. The summed E-state index contributed by atoms with van der Waals surface area (Å²) in [4.78, 5) is 23.4. The Labute approximate surface area is 124 Å². The third kappa shape index (κ3) is 6.68. The van der Waals surface area contributed by atoms with E-state index in [1.165, 1.54) is 0 Å². The second-order valence-electron chi connectivity index (χ2n) is 4.53. The first kappa shape index (κ1) is 16.7. The Kier molecular flexibility index (Phi) is 7.92. The van der Waals surface area contributed by atoms with Crippen LogP contribution >= 0.6 is 11.6 Å². The smallest absolute Gasteiger partial charge is 0.220 e. The van der Waals surface area contributed by atoms with Crippen molar-refractivity contribution in [3.63, 3.8) is 0 Å². The first-order valence-electron chi connectivity index (χ1n) is 6.89. The lowest BCUT2D eigenvalue weighted by Gasteiger charge is -2.06. The van der Waals surface area contributed by atoms with E-state index in [0.717, 1.165) is 19.5 Å². The zero-order valence-corrected chi connectivity index (χ0v) is 12.5.